The lowest BCUT2D eigenvalue weighted by atomic mass is 10.5. The lowest BCUT2D eigenvalue weighted by molar-refractivity contribution is -0.140. The quantitative estimate of drug-likeness (QED) is 0.887. The van der Waals surface area contributed by atoms with E-state index in [1.54, 1.807) is 0 Å². The summed E-state index contributed by atoms with van der Waals surface area (Å²) < 4.78 is 69.3. The second kappa shape index (κ2) is 5.93. The molecule has 0 spiro atoms. The molecular formula is C9H12F3N3O3S2. The van der Waals surface area contributed by atoms with Gasteiger partial charge in [-0.25, -0.2) is 4.98 Å². The van der Waals surface area contributed by atoms with Crippen LogP contribution in [0.2, 0.25) is 0 Å². The van der Waals surface area contributed by atoms with Crippen LogP contribution in [0, 0.1) is 0 Å². The molecule has 6 nitrogen and oxygen atoms in total. The molecule has 1 saturated heterocycles. The van der Waals surface area contributed by atoms with Crippen LogP contribution >= 0.6 is 11.3 Å². The van der Waals surface area contributed by atoms with Gasteiger partial charge in [-0.2, -0.15) is 30.6 Å². The molecule has 11 heteroatoms. The van der Waals surface area contributed by atoms with Crippen LogP contribution in [0.5, 0.6) is 0 Å². The fraction of sp³-hybridized carbons (Fsp3) is 0.667. The molecule has 1 fully saturated rings. The number of ether oxygens (including phenoxy) is 1. The van der Waals surface area contributed by atoms with Crippen molar-refractivity contribution >= 4 is 21.5 Å². The predicted molar refractivity (Wildman–Crippen MR) is 65.3 cm³/mol. The molecule has 0 bridgehead atoms. The summed E-state index contributed by atoms with van der Waals surface area (Å²) in [7, 11) is -3.72. The second-order valence-corrected chi connectivity index (χ2v) is 6.66. The molecule has 1 aliphatic heterocycles. The fourth-order valence-electron chi connectivity index (χ4n) is 1.55. The SMILES string of the molecule is O=S(=O)(NCc1nc(C(F)(F)F)cs1)N1CCOCC1. The van der Waals surface area contributed by atoms with Gasteiger partial charge in [-0.1, -0.05) is 0 Å². The minimum atomic E-state index is -4.52. The van der Waals surface area contributed by atoms with Crippen molar-refractivity contribution in [3.63, 3.8) is 0 Å². The molecule has 114 valence electrons. The van der Waals surface area contributed by atoms with E-state index in [0.717, 1.165) is 16.7 Å². The molecule has 0 aliphatic carbocycles. The maximum atomic E-state index is 12.3. The Labute approximate surface area is 117 Å². The molecule has 0 radical (unpaired) electrons. The van der Waals surface area contributed by atoms with Crippen LogP contribution in [0.1, 0.15) is 10.7 Å². The molecule has 1 aliphatic rings. The Morgan fingerprint density at radius 1 is 1.40 bits per heavy atom. The number of hydrogen-bond donors (Lipinski definition) is 1. The highest BCUT2D eigenvalue weighted by Crippen LogP contribution is 2.29. The summed E-state index contributed by atoms with van der Waals surface area (Å²) in [6, 6.07) is 0. The number of rotatable bonds is 4. The highest BCUT2D eigenvalue weighted by Gasteiger charge is 2.34. The van der Waals surface area contributed by atoms with E-state index < -0.39 is 22.1 Å². The summed E-state index contributed by atoms with van der Waals surface area (Å²) in [6.45, 7) is 0.787. The summed E-state index contributed by atoms with van der Waals surface area (Å²) in [5.41, 5.74) is -1.01. The van der Waals surface area contributed by atoms with Gasteiger partial charge >= 0.3 is 6.18 Å². The lowest BCUT2D eigenvalue weighted by Crippen LogP contribution is -2.46. The molecule has 0 atom stereocenters. The van der Waals surface area contributed by atoms with Gasteiger partial charge in [-0.15, -0.1) is 11.3 Å². The van der Waals surface area contributed by atoms with Gasteiger partial charge in [-0.05, 0) is 0 Å². The Morgan fingerprint density at radius 2 is 2.05 bits per heavy atom. The first-order valence-electron chi connectivity index (χ1n) is 5.63. The molecule has 0 aromatic carbocycles. The molecule has 1 aromatic rings. The molecular weight excluding hydrogens is 319 g/mol. The third-order valence-corrected chi connectivity index (χ3v) is 4.96. The molecule has 0 amide bonds. The van der Waals surface area contributed by atoms with E-state index in [0.29, 0.717) is 13.2 Å². The van der Waals surface area contributed by atoms with Gasteiger partial charge in [0.25, 0.3) is 10.2 Å². The zero-order valence-corrected chi connectivity index (χ0v) is 11.8. The lowest BCUT2D eigenvalue weighted by Gasteiger charge is -2.25. The monoisotopic (exact) mass is 331 g/mol. The van der Waals surface area contributed by atoms with E-state index in [4.69, 9.17) is 4.74 Å². The smallest absolute Gasteiger partial charge is 0.379 e. The Kier molecular flexibility index (Phi) is 4.64. The first-order chi connectivity index (χ1) is 9.29. The Hall–Kier alpha value is -0.750. The third kappa shape index (κ3) is 3.88. The van der Waals surface area contributed by atoms with Crippen molar-refractivity contribution in [2.24, 2.45) is 0 Å². The van der Waals surface area contributed by atoms with Gasteiger partial charge in [0.1, 0.15) is 5.01 Å². The third-order valence-electron chi connectivity index (χ3n) is 2.56. The number of alkyl halides is 3. The highest BCUT2D eigenvalue weighted by molar-refractivity contribution is 7.87. The molecule has 0 saturated carbocycles. The molecule has 2 rings (SSSR count). The Balaban J connectivity index is 1.96. The number of halogens is 3. The molecule has 0 unspecified atom stereocenters. The van der Waals surface area contributed by atoms with Gasteiger partial charge < -0.3 is 4.74 Å². The van der Waals surface area contributed by atoms with E-state index in [1.165, 1.54) is 4.31 Å². The number of aromatic nitrogens is 1. The minimum Gasteiger partial charge on any atom is -0.379 e. The van der Waals surface area contributed by atoms with Gasteiger partial charge in [0.05, 0.1) is 19.8 Å². The standard InChI is InChI=1S/C9H12F3N3O3S2/c10-9(11,12)7-6-19-8(14-7)5-13-20(16,17)15-1-3-18-4-2-15/h6,13H,1-5H2. The van der Waals surface area contributed by atoms with Crippen molar-refractivity contribution in [3.8, 4) is 0 Å². The van der Waals surface area contributed by atoms with Crippen LogP contribution in [-0.2, 0) is 27.7 Å². The zero-order valence-electron chi connectivity index (χ0n) is 10.2. The Morgan fingerprint density at radius 3 is 2.60 bits per heavy atom. The van der Waals surface area contributed by atoms with Gasteiger partial charge in [0, 0.05) is 18.5 Å². The normalized spacial score (nSPS) is 18.4. The molecule has 2 heterocycles. The Bertz CT molecular complexity index is 552. The number of hydrogen-bond acceptors (Lipinski definition) is 5. The van der Waals surface area contributed by atoms with Crippen molar-refractivity contribution in [1.82, 2.24) is 14.0 Å². The summed E-state index contributed by atoms with van der Waals surface area (Å²) in [5.74, 6) is 0. The zero-order chi connectivity index (χ0) is 14.8. The van der Waals surface area contributed by atoms with E-state index in [9.17, 15) is 21.6 Å². The van der Waals surface area contributed by atoms with Crippen molar-refractivity contribution in [2.75, 3.05) is 26.3 Å². The van der Waals surface area contributed by atoms with Crippen LogP contribution in [0.25, 0.3) is 0 Å². The van der Waals surface area contributed by atoms with E-state index in [2.05, 4.69) is 9.71 Å². The average Bonchev–Trinajstić information content (AvgIpc) is 2.86. The highest BCUT2D eigenvalue weighted by atomic mass is 32.2. The van der Waals surface area contributed by atoms with Gasteiger partial charge in [0.2, 0.25) is 0 Å². The summed E-state index contributed by atoms with van der Waals surface area (Å²) >= 11 is 0.762. The van der Waals surface area contributed by atoms with E-state index in [-0.39, 0.29) is 24.6 Å². The summed E-state index contributed by atoms with van der Waals surface area (Å²) in [5, 5.41) is 0.924. The summed E-state index contributed by atoms with van der Waals surface area (Å²) in [4.78, 5) is 3.35. The maximum absolute atomic E-state index is 12.3. The van der Waals surface area contributed by atoms with Gasteiger partial charge in [-0.3, -0.25) is 0 Å². The van der Waals surface area contributed by atoms with Crippen molar-refractivity contribution in [2.45, 2.75) is 12.7 Å². The largest absolute Gasteiger partial charge is 0.434 e. The number of morpholine rings is 1. The van der Waals surface area contributed by atoms with Crippen molar-refractivity contribution < 1.29 is 26.3 Å². The van der Waals surface area contributed by atoms with E-state index in [1.807, 2.05) is 0 Å². The minimum absolute atomic E-state index is 0.0640. The van der Waals surface area contributed by atoms with Crippen molar-refractivity contribution in [3.05, 3.63) is 16.1 Å². The average molecular weight is 331 g/mol. The predicted octanol–water partition coefficient (Wildman–Crippen LogP) is 0.829. The van der Waals surface area contributed by atoms with Crippen LogP contribution in [0.15, 0.2) is 5.38 Å². The first-order valence-corrected chi connectivity index (χ1v) is 7.95. The maximum Gasteiger partial charge on any atom is 0.434 e. The topological polar surface area (TPSA) is 71.5 Å². The first kappa shape index (κ1) is 15.6. The summed E-state index contributed by atoms with van der Waals surface area (Å²) in [6.07, 6.45) is -4.52. The van der Waals surface area contributed by atoms with Crippen molar-refractivity contribution in [1.29, 1.82) is 0 Å². The van der Waals surface area contributed by atoms with Gasteiger partial charge in [0.15, 0.2) is 5.69 Å². The van der Waals surface area contributed by atoms with Crippen LogP contribution < -0.4 is 4.72 Å². The number of nitrogens with one attached hydrogen (secondary N) is 1. The molecule has 20 heavy (non-hydrogen) atoms. The number of thiazole rings is 1. The van der Waals surface area contributed by atoms with E-state index >= 15 is 0 Å². The van der Waals surface area contributed by atoms with Crippen LogP contribution in [0.4, 0.5) is 13.2 Å². The van der Waals surface area contributed by atoms with Crippen LogP contribution in [-0.4, -0.2) is 44.0 Å². The molecule has 1 aromatic heterocycles. The van der Waals surface area contributed by atoms with Crippen LogP contribution in [0.3, 0.4) is 0 Å². The fourth-order valence-corrected chi connectivity index (χ4v) is 3.52. The second-order valence-electron chi connectivity index (χ2n) is 3.96. The molecule has 1 N–H and O–H groups in total. The number of nitrogens with zero attached hydrogens (tertiary/aromatic N) is 2.